The van der Waals surface area contributed by atoms with Crippen LogP contribution in [0.4, 0.5) is 0 Å². The van der Waals surface area contributed by atoms with Crippen molar-refractivity contribution >= 4 is 18.1 Å². The Balaban J connectivity index is 2.31. The molecule has 1 aliphatic rings. The molecule has 0 amide bonds. The predicted molar refractivity (Wildman–Crippen MR) is 77.9 cm³/mol. The highest BCUT2D eigenvalue weighted by molar-refractivity contribution is 5.99. The highest BCUT2D eigenvalue weighted by Gasteiger charge is 1.95. The zero-order chi connectivity index (χ0) is 13.3. The lowest BCUT2D eigenvalue weighted by molar-refractivity contribution is -0.110. The van der Waals surface area contributed by atoms with Gasteiger partial charge in [-0.05, 0) is 24.1 Å². The molecular formula is C16H14N2O. The van der Waals surface area contributed by atoms with Gasteiger partial charge in [-0.2, -0.15) is 0 Å². The first-order valence-electron chi connectivity index (χ1n) is 6.04. The van der Waals surface area contributed by atoms with Gasteiger partial charge in [-0.1, -0.05) is 30.4 Å². The molecule has 2 heterocycles. The van der Waals surface area contributed by atoms with Gasteiger partial charge in [0.25, 0.3) is 0 Å². The minimum atomic E-state index is -0.0826. The molecule has 0 aromatic carbocycles. The van der Waals surface area contributed by atoms with E-state index < -0.39 is 0 Å². The maximum Gasteiger partial charge on any atom is 0.180 e. The Kier molecular flexibility index (Phi) is 4.76. The standard InChI is InChI=1S/C16H14N2O/c19-16-7-5-3-1-2-4-6-14-8-10-17-12-15(14)13-18-11-9-16/h1,3-13H,2H2. The number of carbonyl (C=O) groups is 1. The molecule has 1 aliphatic heterocycles. The van der Waals surface area contributed by atoms with Crippen molar-refractivity contribution in [2.24, 2.45) is 4.99 Å². The first-order chi connectivity index (χ1) is 9.36. The summed E-state index contributed by atoms with van der Waals surface area (Å²) in [7, 11) is 0. The topological polar surface area (TPSA) is 42.3 Å². The molecule has 0 radical (unpaired) electrons. The van der Waals surface area contributed by atoms with Gasteiger partial charge in [0.2, 0.25) is 0 Å². The van der Waals surface area contributed by atoms with E-state index in [0.717, 1.165) is 17.5 Å². The highest BCUT2D eigenvalue weighted by atomic mass is 16.1. The number of pyridine rings is 1. The Hall–Kier alpha value is -2.55. The highest BCUT2D eigenvalue weighted by Crippen LogP contribution is 2.08. The molecule has 1 aromatic rings. The molecule has 3 nitrogen and oxygen atoms in total. The van der Waals surface area contributed by atoms with Crippen molar-refractivity contribution in [2.75, 3.05) is 0 Å². The van der Waals surface area contributed by atoms with Crippen molar-refractivity contribution < 1.29 is 4.79 Å². The second kappa shape index (κ2) is 7.01. The summed E-state index contributed by atoms with van der Waals surface area (Å²) in [5, 5.41) is 0. The minimum absolute atomic E-state index is 0.0826. The molecular weight excluding hydrogens is 236 g/mol. The third kappa shape index (κ3) is 4.32. The minimum Gasteiger partial charge on any atom is -0.290 e. The molecule has 1 aromatic heterocycles. The summed E-state index contributed by atoms with van der Waals surface area (Å²) >= 11 is 0. The summed E-state index contributed by atoms with van der Waals surface area (Å²) in [5.74, 6) is -0.0826. The quantitative estimate of drug-likeness (QED) is 0.710. The first-order valence-corrected chi connectivity index (χ1v) is 6.04. The van der Waals surface area contributed by atoms with Crippen molar-refractivity contribution in [1.29, 1.82) is 0 Å². The lowest BCUT2D eigenvalue weighted by Crippen LogP contribution is -1.88. The van der Waals surface area contributed by atoms with Crippen LogP contribution in [-0.4, -0.2) is 17.0 Å². The number of allylic oxidation sites excluding steroid dienone is 6. The Labute approximate surface area is 112 Å². The molecule has 0 fully saturated rings. The first kappa shape index (κ1) is 12.9. The van der Waals surface area contributed by atoms with Gasteiger partial charge in [-0.3, -0.25) is 14.8 Å². The van der Waals surface area contributed by atoms with E-state index in [0.29, 0.717) is 0 Å². The molecule has 0 aliphatic carbocycles. The van der Waals surface area contributed by atoms with Gasteiger partial charge in [0.15, 0.2) is 5.78 Å². The van der Waals surface area contributed by atoms with E-state index in [2.05, 4.69) is 16.1 Å². The molecule has 0 unspecified atom stereocenters. The summed E-state index contributed by atoms with van der Waals surface area (Å²) in [6, 6.07) is 1.93. The summed E-state index contributed by atoms with van der Waals surface area (Å²) in [6.45, 7) is 0. The number of aliphatic imine (C=N–C) groups is 1. The lowest BCUT2D eigenvalue weighted by Gasteiger charge is -1.98. The summed E-state index contributed by atoms with van der Waals surface area (Å²) in [4.78, 5) is 19.6. The van der Waals surface area contributed by atoms with E-state index in [1.807, 2.05) is 24.3 Å². The SMILES string of the molecule is O=C1C=CC=CCC=Cc2ccncc2C=NC=C1. The van der Waals surface area contributed by atoms with E-state index in [1.54, 1.807) is 24.7 Å². The van der Waals surface area contributed by atoms with Gasteiger partial charge in [0.05, 0.1) is 0 Å². The van der Waals surface area contributed by atoms with Crippen molar-refractivity contribution in [2.45, 2.75) is 6.42 Å². The van der Waals surface area contributed by atoms with Crippen LogP contribution in [0.1, 0.15) is 17.5 Å². The van der Waals surface area contributed by atoms with Gasteiger partial charge in [-0.15, -0.1) is 0 Å². The van der Waals surface area contributed by atoms with Crippen molar-refractivity contribution in [3.63, 3.8) is 0 Å². The normalized spacial score (nSPS) is 15.3. The number of carbonyl (C=O) groups excluding carboxylic acids is 1. The Bertz CT molecular complexity index is 593. The number of rotatable bonds is 0. The summed E-state index contributed by atoms with van der Waals surface area (Å²) in [5.41, 5.74) is 1.98. The monoisotopic (exact) mass is 250 g/mol. The fourth-order valence-electron chi connectivity index (χ4n) is 1.55. The molecule has 0 saturated heterocycles. The van der Waals surface area contributed by atoms with Gasteiger partial charge < -0.3 is 0 Å². The van der Waals surface area contributed by atoms with Crippen LogP contribution in [0.5, 0.6) is 0 Å². The molecule has 0 saturated carbocycles. The molecule has 2 rings (SSSR count). The number of nitrogens with zero attached hydrogens (tertiary/aromatic N) is 2. The average molecular weight is 250 g/mol. The lowest BCUT2D eigenvalue weighted by atomic mass is 10.1. The fraction of sp³-hybridized carbons (Fsp3) is 0.0625. The smallest absolute Gasteiger partial charge is 0.180 e. The van der Waals surface area contributed by atoms with E-state index >= 15 is 0 Å². The van der Waals surface area contributed by atoms with Gasteiger partial charge >= 0.3 is 0 Å². The zero-order valence-corrected chi connectivity index (χ0v) is 10.4. The summed E-state index contributed by atoms with van der Waals surface area (Å²) < 4.78 is 0. The maximum absolute atomic E-state index is 11.4. The molecule has 0 N–H and O–H groups in total. The molecule has 94 valence electrons. The average Bonchev–Trinajstić information content (AvgIpc) is 2.43. The number of hydrogen-bond donors (Lipinski definition) is 0. The Morgan fingerprint density at radius 2 is 1.95 bits per heavy atom. The van der Waals surface area contributed by atoms with Crippen LogP contribution in [0.2, 0.25) is 0 Å². The fourth-order valence-corrected chi connectivity index (χ4v) is 1.55. The zero-order valence-electron chi connectivity index (χ0n) is 10.4. The molecule has 3 heteroatoms. The van der Waals surface area contributed by atoms with E-state index in [4.69, 9.17) is 0 Å². The molecule has 0 atom stereocenters. The van der Waals surface area contributed by atoms with Crippen LogP contribution in [-0.2, 0) is 4.79 Å². The number of hydrogen-bond acceptors (Lipinski definition) is 3. The Morgan fingerprint density at radius 1 is 1.00 bits per heavy atom. The van der Waals surface area contributed by atoms with Crippen LogP contribution in [0.15, 0.2) is 66.1 Å². The molecule has 19 heavy (non-hydrogen) atoms. The summed E-state index contributed by atoms with van der Waals surface area (Å²) in [6.07, 6.45) is 20.1. The largest absolute Gasteiger partial charge is 0.290 e. The van der Waals surface area contributed by atoms with Gasteiger partial charge in [-0.25, -0.2) is 0 Å². The third-order valence-electron chi connectivity index (χ3n) is 2.50. The van der Waals surface area contributed by atoms with Gasteiger partial charge in [0, 0.05) is 36.4 Å². The van der Waals surface area contributed by atoms with E-state index in [9.17, 15) is 4.79 Å². The Morgan fingerprint density at radius 3 is 2.89 bits per heavy atom. The van der Waals surface area contributed by atoms with Crippen LogP contribution in [0, 0.1) is 0 Å². The van der Waals surface area contributed by atoms with Crippen molar-refractivity contribution in [1.82, 2.24) is 4.98 Å². The van der Waals surface area contributed by atoms with Crippen LogP contribution >= 0.6 is 0 Å². The number of aromatic nitrogens is 1. The van der Waals surface area contributed by atoms with E-state index in [-0.39, 0.29) is 5.78 Å². The molecule has 0 bridgehead atoms. The van der Waals surface area contributed by atoms with Crippen LogP contribution in [0.3, 0.4) is 0 Å². The number of fused-ring (bicyclic) bond motifs is 1. The van der Waals surface area contributed by atoms with Crippen molar-refractivity contribution in [3.8, 4) is 0 Å². The second-order valence-electron chi connectivity index (χ2n) is 3.93. The van der Waals surface area contributed by atoms with Gasteiger partial charge in [0.1, 0.15) is 0 Å². The number of ketones is 1. The van der Waals surface area contributed by atoms with Crippen LogP contribution < -0.4 is 0 Å². The maximum atomic E-state index is 11.4. The van der Waals surface area contributed by atoms with Crippen LogP contribution in [0.25, 0.3) is 6.08 Å². The molecule has 0 spiro atoms. The predicted octanol–water partition coefficient (Wildman–Crippen LogP) is 3.11. The van der Waals surface area contributed by atoms with Crippen molar-refractivity contribution in [3.05, 3.63) is 72.2 Å². The van der Waals surface area contributed by atoms with E-state index in [1.165, 1.54) is 18.4 Å². The second-order valence-corrected chi connectivity index (χ2v) is 3.93. The third-order valence-corrected chi connectivity index (χ3v) is 2.50.